The maximum atomic E-state index is 13.2. The van der Waals surface area contributed by atoms with Crippen molar-refractivity contribution >= 4 is 39.9 Å². The fraction of sp³-hybridized carbons (Fsp3) is 0.444. The van der Waals surface area contributed by atoms with Crippen molar-refractivity contribution in [2.75, 3.05) is 28.3 Å². The van der Waals surface area contributed by atoms with Gasteiger partial charge in [0, 0.05) is 28.2 Å². The number of nitrogens with one attached hydrogen (secondary N) is 2. The first-order valence-electron chi connectivity index (χ1n) is 12.1. The Hall–Kier alpha value is -3.00. The summed E-state index contributed by atoms with van der Waals surface area (Å²) in [5.74, 6) is -1.73. The number of benzene rings is 2. The van der Waals surface area contributed by atoms with Crippen LogP contribution in [0.4, 0.5) is 11.4 Å². The molecule has 0 heterocycles. The third-order valence-corrected chi connectivity index (χ3v) is 7.50. The summed E-state index contributed by atoms with van der Waals surface area (Å²) >= 11 is 0. The van der Waals surface area contributed by atoms with Crippen LogP contribution in [0, 0.1) is 20.8 Å². The van der Waals surface area contributed by atoms with Gasteiger partial charge in [0.2, 0.25) is 17.7 Å². The number of anilines is 2. The average Bonchev–Trinajstić information content (AvgIpc) is 2.81. The van der Waals surface area contributed by atoms with E-state index in [2.05, 4.69) is 10.6 Å². The number of hydrogen-bond acceptors (Lipinski definition) is 4. The Morgan fingerprint density at radius 1 is 0.914 bits per heavy atom. The summed E-state index contributed by atoms with van der Waals surface area (Å²) < 4.78 is 12.7. The van der Waals surface area contributed by atoms with Gasteiger partial charge in [0.25, 0.3) is 0 Å². The maximum absolute atomic E-state index is 13.2. The summed E-state index contributed by atoms with van der Waals surface area (Å²) in [4.78, 5) is 39.8. The summed E-state index contributed by atoms with van der Waals surface area (Å²) in [6.07, 6.45) is 5.26. The first-order valence-corrected chi connectivity index (χ1v) is 13.6. The Kier molecular flexibility index (Phi) is 9.60. The first kappa shape index (κ1) is 26.6. The number of hydrogen-bond donors (Lipinski definition) is 2. The minimum atomic E-state index is -1.72. The zero-order valence-corrected chi connectivity index (χ0v) is 21.6. The molecule has 0 spiro atoms. The van der Waals surface area contributed by atoms with E-state index < -0.39 is 22.6 Å². The van der Waals surface area contributed by atoms with Gasteiger partial charge in [-0.1, -0.05) is 49.1 Å². The molecule has 3 rings (SSSR count). The number of carbonyl (C=O) groups is 3. The minimum Gasteiger partial charge on any atom is -0.352 e. The molecule has 8 heteroatoms. The molecule has 0 aliphatic heterocycles. The van der Waals surface area contributed by atoms with E-state index in [0.717, 1.165) is 42.4 Å². The number of rotatable bonds is 9. The van der Waals surface area contributed by atoms with Gasteiger partial charge in [-0.3, -0.25) is 18.6 Å². The second-order valence-electron chi connectivity index (χ2n) is 9.24. The molecule has 2 aromatic carbocycles. The van der Waals surface area contributed by atoms with E-state index in [1.807, 2.05) is 45.0 Å². The van der Waals surface area contributed by atoms with E-state index in [-0.39, 0.29) is 30.0 Å². The van der Waals surface area contributed by atoms with Gasteiger partial charge >= 0.3 is 0 Å². The molecule has 1 aliphatic carbocycles. The van der Waals surface area contributed by atoms with E-state index in [1.165, 1.54) is 11.3 Å². The molecule has 0 aromatic heterocycles. The van der Waals surface area contributed by atoms with Gasteiger partial charge in [-0.05, 0) is 62.9 Å². The standard InChI is InChI=1S/C27H35N3O4S/c1-19-12-14-23(15-13-19)29-26(32)17-35(34)18-27(33)30(24-11-7-8-20(2)21(24)3)16-25(31)28-22-9-5-4-6-10-22/h7-8,11-15,22H,4-6,9-10,16-18H2,1-3H3,(H,28,31)(H,29,32). The fourth-order valence-corrected chi connectivity index (χ4v) is 5.14. The van der Waals surface area contributed by atoms with E-state index >= 15 is 0 Å². The van der Waals surface area contributed by atoms with Crippen LogP contribution in [0.15, 0.2) is 42.5 Å². The molecule has 1 unspecified atom stereocenters. The lowest BCUT2D eigenvalue weighted by atomic mass is 9.95. The van der Waals surface area contributed by atoms with Crippen LogP contribution >= 0.6 is 0 Å². The van der Waals surface area contributed by atoms with Crippen molar-refractivity contribution in [1.82, 2.24) is 5.32 Å². The van der Waals surface area contributed by atoms with Crippen molar-refractivity contribution in [3.8, 4) is 0 Å². The van der Waals surface area contributed by atoms with Crippen LogP contribution in [0.25, 0.3) is 0 Å². The van der Waals surface area contributed by atoms with Gasteiger partial charge < -0.3 is 15.5 Å². The highest BCUT2D eigenvalue weighted by Crippen LogP contribution is 2.23. The molecule has 0 bridgehead atoms. The minimum absolute atomic E-state index is 0.131. The highest BCUT2D eigenvalue weighted by atomic mass is 32.2. The van der Waals surface area contributed by atoms with E-state index in [4.69, 9.17) is 0 Å². The summed E-state index contributed by atoms with van der Waals surface area (Å²) in [5, 5.41) is 5.76. The summed E-state index contributed by atoms with van der Waals surface area (Å²) in [7, 11) is -1.72. The van der Waals surface area contributed by atoms with Gasteiger partial charge in [0.15, 0.2) is 0 Å². The number of aryl methyl sites for hydroxylation is 2. The molecule has 35 heavy (non-hydrogen) atoms. The van der Waals surface area contributed by atoms with Gasteiger partial charge in [0.1, 0.15) is 18.1 Å². The molecule has 1 saturated carbocycles. The van der Waals surface area contributed by atoms with Crippen molar-refractivity contribution in [2.45, 2.75) is 58.9 Å². The van der Waals surface area contributed by atoms with Crippen LogP contribution in [-0.2, 0) is 25.2 Å². The lowest BCUT2D eigenvalue weighted by Crippen LogP contribution is -2.46. The lowest BCUT2D eigenvalue weighted by Gasteiger charge is -2.27. The second kappa shape index (κ2) is 12.6. The number of carbonyl (C=O) groups excluding carboxylic acids is 3. The zero-order valence-electron chi connectivity index (χ0n) is 20.8. The number of nitrogens with zero attached hydrogens (tertiary/aromatic N) is 1. The highest BCUT2D eigenvalue weighted by molar-refractivity contribution is 7.86. The van der Waals surface area contributed by atoms with Crippen molar-refractivity contribution in [1.29, 1.82) is 0 Å². The van der Waals surface area contributed by atoms with Crippen molar-refractivity contribution < 1.29 is 18.6 Å². The Morgan fingerprint density at radius 3 is 2.29 bits per heavy atom. The maximum Gasteiger partial charge on any atom is 0.240 e. The molecule has 0 radical (unpaired) electrons. The molecule has 1 aliphatic rings. The molecule has 1 atom stereocenters. The quantitative estimate of drug-likeness (QED) is 0.551. The smallest absolute Gasteiger partial charge is 0.240 e. The van der Waals surface area contributed by atoms with Crippen LogP contribution in [0.2, 0.25) is 0 Å². The summed E-state index contributed by atoms with van der Waals surface area (Å²) in [6, 6.07) is 13.0. The van der Waals surface area contributed by atoms with Crippen LogP contribution in [0.3, 0.4) is 0 Å². The number of amides is 3. The molecule has 3 amide bonds. The second-order valence-corrected chi connectivity index (χ2v) is 10.7. The highest BCUT2D eigenvalue weighted by Gasteiger charge is 2.25. The van der Waals surface area contributed by atoms with Crippen LogP contribution in [-0.4, -0.2) is 46.0 Å². The fourth-order valence-electron chi connectivity index (χ4n) is 4.25. The predicted molar refractivity (Wildman–Crippen MR) is 141 cm³/mol. The molecule has 7 nitrogen and oxygen atoms in total. The van der Waals surface area contributed by atoms with Crippen molar-refractivity contribution in [3.05, 3.63) is 59.2 Å². The lowest BCUT2D eigenvalue weighted by molar-refractivity contribution is -0.123. The normalized spacial score (nSPS) is 14.7. The summed E-state index contributed by atoms with van der Waals surface area (Å²) in [5.41, 5.74) is 4.17. The van der Waals surface area contributed by atoms with Gasteiger partial charge in [0.05, 0.1) is 0 Å². The van der Waals surface area contributed by atoms with E-state index in [9.17, 15) is 18.6 Å². The third-order valence-electron chi connectivity index (χ3n) is 6.35. The monoisotopic (exact) mass is 497 g/mol. The predicted octanol–water partition coefficient (Wildman–Crippen LogP) is 3.78. The SMILES string of the molecule is Cc1ccc(NC(=O)CS(=O)CC(=O)N(CC(=O)NC2CCCCC2)c2cccc(C)c2C)cc1. The average molecular weight is 498 g/mol. The molecule has 1 fully saturated rings. The van der Waals surface area contributed by atoms with E-state index in [0.29, 0.717) is 11.4 Å². The molecule has 188 valence electrons. The Labute approximate surface area is 210 Å². The van der Waals surface area contributed by atoms with Crippen LogP contribution in [0.5, 0.6) is 0 Å². The van der Waals surface area contributed by atoms with Gasteiger partial charge in [-0.15, -0.1) is 0 Å². The molecule has 2 aromatic rings. The summed E-state index contributed by atoms with van der Waals surface area (Å²) in [6.45, 7) is 5.64. The third kappa shape index (κ3) is 8.02. The van der Waals surface area contributed by atoms with Gasteiger partial charge in [-0.25, -0.2) is 0 Å². The Bertz CT molecular complexity index is 1080. The van der Waals surface area contributed by atoms with Crippen molar-refractivity contribution in [3.63, 3.8) is 0 Å². The molecular formula is C27H35N3O4S. The Morgan fingerprint density at radius 2 is 1.60 bits per heavy atom. The van der Waals surface area contributed by atoms with Gasteiger partial charge in [-0.2, -0.15) is 0 Å². The molecular weight excluding hydrogens is 462 g/mol. The molecule has 0 saturated heterocycles. The Balaban J connectivity index is 1.66. The van der Waals surface area contributed by atoms with Crippen LogP contribution in [0.1, 0.15) is 48.8 Å². The topological polar surface area (TPSA) is 95.6 Å². The first-order chi connectivity index (χ1) is 16.7. The zero-order chi connectivity index (χ0) is 25.4. The molecule has 2 N–H and O–H groups in total. The van der Waals surface area contributed by atoms with Crippen molar-refractivity contribution in [2.24, 2.45) is 0 Å². The van der Waals surface area contributed by atoms with Crippen LogP contribution < -0.4 is 15.5 Å². The largest absolute Gasteiger partial charge is 0.352 e. The van der Waals surface area contributed by atoms with E-state index in [1.54, 1.807) is 18.2 Å².